The van der Waals surface area contributed by atoms with Gasteiger partial charge in [-0.2, -0.15) is 0 Å². The monoisotopic (exact) mass is 347 g/mol. The molecule has 1 aromatic carbocycles. The molecular formula is C19H14FN5O. The van der Waals surface area contributed by atoms with Crippen molar-refractivity contribution in [2.24, 2.45) is 0 Å². The van der Waals surface area contributed by atoms with E-state index < -0.39 is 5.82 Å². The van der Waals surface area contributed by atoms with Gasteiger partial charge in [-0.3, -0.25) is 9.97 Å². The molecule has 4 aromatic rings. The standard InChI is InChI=1S/C19H14FN5O/c1-26-15-4-5-17-16(8-15)19(23-14-7-13(20)10-22-11-14)25-18(24-17)12-3-2-6-21-9-12/h2-11H,1H3,(H,23,24,25). The van der Waals surface area contributed by atoms with Gasteiger partial charge in [0.05, 0.1) is 30.7 Å². The molecule has 3 aromatic heterocycles. The van der Waals surface area contributed by atoms with Gasteiger partial charge in [0.15, 0.2) is 5.82 Å². The minimum atomic E-state index is -0.432. The molecule has 0 aliphatic carbocycles. The topological polar surface area (TPSA) is 72.8 Å². The lowest BCUT2D eigenvalue weighted by molar-refractivity contribution is 0.415. The zero-order valence-corrected chi connectivity index (χ0v) is 13.8. The van der Waals surface area contributed by atoms with Crippen molar-refractivity contribution < 1.29 is 9.13 Å². The summed E-state index contributed by atoms with van der Waals surface area (Å²) in [6.07, 6.45) is 6.06. The maximum Gasteiger partial charge on any atom is 0.163 e. The van der Waals surface area contributed by atoms with Crippen molar-refractivity contribution in [2.75, 3.05) is 12.4 Å². The Morgan fingerprint density at radius 1 is 1.00 bits per heavy atom. The molecule has 0 bridgehead atoms. The first-order valence-electron chi connectivity index (χ1n) is 7.87. The zero-order valence-electron chi connectivity index (χ0n) is 13.8. The quantitative estimate of drug-likeness (QED) is 0.602. The molecule has 3 heterocycles. The van der Waals surface area contributed by atoms with E-state index in [0.29, 0.717) is 23.1 Å². The van der Waals surface area contributed by atoms with Gasteiger partial charge in [-0.25, -0.2) is 14.4 Å². The number of hydrogen-bond acceptors (Lipinski definition) is 6. The summed E-state index contributed by atoms with van der Waals surface area (Å²) in [5, 5.41) is 3.87. The Hall–Kier alpha value is -3.61. The van der Waals surface area contributed by atoms with E-state index >= 15 is 0 Å². The second kappa shape index (κ2) is 6.72. The average molecular weight is 347 g/mol. The number of hydrogen-bond donors (Lipinski definition) is 1. The largest absolute Gasteiger partial charge is 0.497 e. The van der Waals surface area contributed by atoms with Gasteiger partial charge in [-0.15, -0.1) is 0 Å². The predicted molar refractivity (Wildman–Crippen MR) is 96.8 cm³/mol. The fourth-order valence-corrected chi connectivity index (χ4v) is 2.57. The molecule has 0 atom stereocenters. The lowest BCUT2D eigenvalue weighted by Crippen LogP contribution is -2.00. The van der Waals surface area contributed by atoms with Crippen LogP contribution >= 0.6 is 0 Å². The third-order valence-electron chi connectivity index (χ3n) is 3.79. The van der Waals surface area contributed by atoms with Crippen LogP contribution in [-0.4, -0.2) is 27.0 Å². The summed E-state index contributed by atoms with van der Waals surface area (Å²) < 4.78 is 18.8. The summed E-state index contributed by atoms with van der Waals surface area (Å²) in [4.78, 5) is 17.2. The molecule has 1 N–H and O–H groups in total. The summed E-state index contributed by atoms with van der Waals surface area (Å²) in [6.45, 7) is 0. The highest BCUT2D eigenvalue weighted by Crippen LogP contribution is 2.29. The minimum Gasteiger partial charge on any atom is -0.497 e. The molecular weight excluding hydrogens is 333 g/mol. The fraction of sp³-hybridized carbons (Fsp3) is 0.0526. The minimum absolute atomic E-state index is 0.432. The number of nitrogens with one attached hydrogen (secondary N) is 1. The van der Waals surface area contributed by atoms with E-state index in [1.54, 1.807) is 19.5 Å². The first-order valence-corrected chi connectivity index (χ1v) is 7.87. The van der Waals surface area contributed by atoms with Crippen molar-refractivity contribution in [3.63, 3.8) is 0 Å². The Kier molecular flexibility index (Phi) is 4.10. The Bertz CT molecular complexity index is 1070. The molecule has 0 fully saturated rings. The van der Waals surface area contributed by atoms with Crippen LogP contribution in [0.2, 0.25) is 0 Å². The van der Waals surface area contributed by atoms with Crippen LogP contribution in [0.3, 0.4) is 0 Å². The van der Waals surface area contributed by atoms with Crippen LogP contribution < -0.4 is 10.1 Å². The van der Waals surface area contributed by atoms with Crippen LogP contribution in [0, 0.1) is 5.82 Å². The van der Waals surface area contributed by atoms with Gasteiger partial charge < -0.3 is 10.1 Å². The number of methoxy groups -OCH3 is 1. The Labute approximate surface area is 148 Å². The number of ether oxygens (including phenoxy) is 1. The molecule has 26 heavy (non-hydrogen) atoms. The molecule has 0 spiro atoms. The Morgan fingerprint density at radius 2 is 1.92 bits per heavy atom. The highest BCUT2D eigenvalue weighted by molar-refractivity contribution is 5.93. The van der Waals surface area contributed by atoms with Crippen LogP contribution in [0.4, 0.5) is 15.9 Å². The number of aromatic nitrogens is 4. The lowest BCUT2D eigenvalue weighted by Gasteiger charge is -2.12. The van der Waals surface area contributed by atoms with Crippen LogP contribution in [0.5, 0.6) is 5.75 Å². The van der Waals surface area contributed by atoms with E-state index in [4.69, 9.17) is 4.74 Å². The fourth-order valence-electron chi connectivity index (χ4n) is 2.57. The van der Waals surface area contributed by atoms with E-state index in [2.05, 4.69) is 25.3 Å². The lowest BCUT2D eigenvalue weighted by atomic mass is 10.2. The van der Waals surface area contributed by atoms with Gasteiger partial charge in [0.25, 0.3) is 0 Å². The van der Waals surface area contributed by atoms with Gasteiger partial charge >= 0.3 is 0 Å². The number of pyridine rings is 2. The van der Waals surface area contributed by atoms with Crippen molar-refractivity contribution in [3.8, 4) is 17.1 Å². The van der Waals surface area contributed by atoms with Crippen LogP contribution in [0.25, 0.3) is 22.3 Å². The van der Waals surface area contributed by atoms with Gasteiger partial charge in [-0.1, -0.05) is 0 Å². The van der Waals surface area contributed by atoms with Crippen molar-refractivity contribution >= 4 is 22.4 Å². The molecule has 4 rings (SSSR count). The average Bonchev–Trinajstić information content (AvgIpc) is 2.68. The van der Waals surface area contributed by atoms with Crippen LogP contribution in [0.15, 0.2) is 61.2 Å². The van der Waals surface area contributed by atoms with E-state index in [1.165, 1.54) is 12.3 Å². The van der Waals surface area contributed by atoms with Gasteiger partial charge in [0.2, 0.25) is 0 Å². The second-order valence-corrected chi connectivity index (χ2v) is 5.54. The molecule has 6 nitrogen and oxygen atoms in total. The first-order chi connectivity index (χ1) is 12.7. The Morgan fingerprint density at radius 3 is 2.69 bits per heavy atom. The smallest absolute Gasteiger partial charge is 0.163 e. The number of anilines is 2. The summed E-state index contributed by atoms with van der Waals surface area (Å²) in [5.74, 6) is 1.29. The number of nitrogens with zero attached hydrogens (tertiary/aromatic N) is 4. The number of fused-ring (bicyclic) bond motifs is 1. The summed E-state index contributed by atoms with van der Waals surface area (Å²) in [5.41, 5.74) is 2.00. The summed E-state index contributed by atoms with van der Waals surface area (Å²) in [7, 11) is 1.59. The van der Waals surface area contributed by atoms with Gasteiger partial charge in [-0.05, 0) is 30.3 Å². The summed E-state index contributed by atoms with van der Waals surface area (Å²) in [6, 6.07) is 10.6. The number of rotatable bonds is 4. The van der Waals surface area contributed by atoms with Crippen molar-refractivity contribution in [1.29, 1.82) is 0 Å². The number of halogens is 1. The van der Waals surface area contributed by atoms with Gasteiger partial charge in [0, 0.05) is 29.4 Å². The zero-order chi connectivity index (χ0) is 17.9. The molecule has 0 radical (unpaired) electrons. The molecule has 7 heteroatoms. The van der Waals surface area contributed by atoms with Crippen LogP contribution in [0.1, 0.15) is 0 Å². The molecule has 0 aliphatic heterocycles. The second-order valence-electron chi connectivity index (χ2n) is 5.54. The third-order valence-corrected chi connectivity index (χ3v) is 3.79. The van der Waals surface area contributed by atoms with E-state index in [9.17, 15) is 4.39 Å². The number of benzene rings is 1. The normalized spacial score (nSPS) is 10.7. The maximum atomic E-state index is 13.5. The first kappa shape index (κ1) is 15.9. The summed E-state index contributed by atoms with van der Waals surface area (Å²) >= 11 is 0. The third kappa shape index (κ3) is 3.14. The molecule has 128 valence electrons. The van der Waals surface area contributed by atoms with Crippen molar-refractivity contribution in [3.05, 3.63) is 67.0 Å². The Balaban J connectivity index is 1.89. The molecule has 0 saturated heterocycles. The van der Waals surface area contributed by atoms with E-state index in [0.717, 1.165) is 22.7 Å². The molecule has 0 unspecified atom stereocenters. The predicted octanol–water partition coefficient (Wildman–Crippen LogP) is 3.98. The van der Waals surface area contributed by atoms with Crippen molar-refractivity contribution in [1.82, 2.24) is 19.9 Å². The maximum absolute atomic E-state index is 13.5. The molecule has 0 aliphatic rings. The van der Waals surface area contributed by atoms with Crippen LogP contribution in [-0.2, 0) is 0 Å². The molecule has 0 saturated carbocycles. The van der Waals surface area contributed by atoms with Crippen molar-refractivity contribution in [2.45, 2.75) is 0 Å². The highest BCUT2D eigenvalue weighted by Gasteiger charge is 2.11. The molecule has 0 amide bonds. The SMILES string of the molecule is COc1ccc2nc(-c3cccnc3)nc(Nc3cncc(F)c3)c2c1. The van der Waals surface area contributed by atoms with E-state index in [-0.39, 0.29) is 0 Å². The highest BCUT2D eigenvalue weighted by atomic mass is 19.1. The van der Waals surface area contributed by atoms with E-state index in [1.807, 2.05) is 30.3 Å². The van der Waals surface area contributed by atoms with Gasteiger partial charge in [0.1, 0.15) is 17.4 Å².